The lowest BCUT2D eigenvalue weighted by molar-refractivity contribution is -0.117. The number of nitrogens with zero attached hydrogens (tertiary/aromatic N) is 2. The Morgan fingerprint density at radius 3 is 2.71 bits per heavy atom. The average Bonchev–Trinajstić information content (AvgIpc) is 2.78. The van der Waals surface area contributed by atoms with Gasteiger partial charge in [-0.25, -0.2) is 0 Å². The molecule has 0 saturated heterocycles. The van der Waals surface area contributed by atoms with Crippen molar-refractivity contribution in [3.05, 3.63) is 29.3 Å². The summed E-state index contributed by atoms with van der Waals surface area (Å²) in [6.45, 7) is 2.60. The second-order valence-electron chi connectivity index (χ2n) is 7.70. The highest BCUT2D eigenvalue weighted by Gasteiger charge is 2.15. The van der Waals surface area contributed by atoms with Crippen molar-refractivity contribution in [1.29, 1.82) is 5.26 Å². The molecule has 0 unspecified atom stereocenters. The van der Waals surface area contributed by atoms with Crippen LogP contribution in [0.25, 0.3) is 6.08 Å². The number of fused-ring (bicyclic) bond motifs is 1. The lowest BCUT2D eigenvalue weighted by Crippen LogP contribution is -2.28. The molecule has 0 aromatic heterocycles. The number of ether oxygens (including phenoxy) is 1. The molecule has 0 radical (unpaired) electrons. The number of hydrogen-bond acceptors (Lipinski definition) is 5. The SMILES string of the molecule is CN1CCSc2cc(/C=C(\C#N)C(=O)NCCOCCCCCCCCCCl)ccc21. The minimum absolute atomic E-state index is 0.114. The number of unbranched alkanes of at least 4 members (excludes halogenated alkanes) is 6. The molecule has 31 heavy (non-hydrogen) atoms. The van der Waals surface area contributed by atoms with Gasteiger partial charge in [-0.05, 0) is 36.6 Å². The molecule has 1 aliphatic rings. The Kier molecular flexibility index (Phi) is 12.5. The van der Waals surface area contributed by atoms with Crippen LogP contribution in [-0.4, -0.2) is 50.9 Å². The van der Waals surface area contributed by atoms with Crippen LogP contribution in [0.4, 0.5) is 5.69 Å². The van der Waals surface area contributed by atoms with Crippen LogP contribution in [0.2, 0.25) is 0 Å². The largest absolute Gasteiger partial charge is 0.380 e. The minimum Gasteiger partial charge on any atom is -0.380 e. The van der Waals surface area contributed by atoms with Crippen molar-refractivity contribution < 1.29 is 9.53 Å². The van der Waals surface area contributed by atoms with Crippen molar-refractivity contribution in [2.45, 2.75) is 49.8 Å². The summed E-state index contributed by atoms with van der Waals surface area (Å²) in [4.78, 5) is 15.7. The van der Waals surface area contributed by atoms with E-state index < -0.39 is 0 Å². The van der Waals surface area contributed by atoms with E-state index in [0.29, 0.717) is 19.8 Å². The number of hydrogen-bond donors (Lipinski definition) is 1. The van der Waals surface area contributed by atoms with Gasteiger partial charge in [-0.3, -0.25) is 4.79 Å². The number of thioether (sulfide) groups is 1. The van der Waals surface area contributed by atoms with Gasteiger partial charge >= 0.3 is 0 Å². The Morgan fingerprint density at radius 2 is 1.97 bits per heavy atom. The summed E-state index contributed by atoms with van der Waals surface area (Å²) in [7, 11) is 2.08. The van der Waals surface area contributed by atoms with E-state index in [1.807, 2.05) is 24.3 Å². The molecule has 2 rings (SSSR count). The smallest absolute Gasteiger partial charge is 0.262 e. The molecule has 0 fully saturated rings. The standard InChI is InChI=1S/C24H34ClN3O2S/c1-28-13-16-31-23-18-20(9-10-22(23)28)17-21(19-26)24(29)27-12-15-30-14-8-6-4-2-3-5-7-11-25/h9-10,17-18H,2-8,11-16H2,1H3,(H,27,29)/b21-17+. The third-order valence-electron chi connectivity index (χ3n) is 5.21. The molecule has 1 N–H and O–H groups in total. The number of benzene rings is 1. The van der Waals surface area contributed by atoms with Crippen molar-refractivity contribution in [3.63, 3.8) is 0 Å². The highest BCUT2D eigenvalue weighted by Crippen LogP contribution is 2.34. The van der Waals surface area contributed by atoms with E-state index in [9.17, 15) is 10.1 Å². The van der Waals surface area contributed by atoms with E-state index in [0.717, 1.165) is 36.6 Å². The first kappa shape index (κ1) is 25.6. The first-order valence-corrected chi connectivity index (χ1v) is 12.7. The second kappa shape index (κ2) is 15.2. The molecule has 1 amide bonds. The molecule has 1 heterocycles. The van der Waals surface area contributed by atoms with Crippen molar-refractivity contribution in [2.24, 2.45) is 0 Å². The van der Waals surface area contributed by atoms with E-state index in [2.05, 4.69) is 17.3 Å². The number of halogens is 1. The van der Waals surface area contributed by atoms with Crippen molar-refractivity contribution in [1.82, 2.24) is 5.32 Å². The lowest BCUT2D eigenvalue weighted by atomic mass is 10.1. The number of rotatable bonds is 14. The Morgan fingerprint density at radius 1 is 1.23 bits per heavy atom. The number of anilines is 1. The zero-order chi connectivity index (χ0) is 22.3. The van der Waals surface area contributed by atoms with Crippen molar-refractivity contribution in [3.8, 4) is 6.07 Å². The molecule has 1 aliphatic heterocycles. The second-order valence-corrected chi connectivity index (χ2v) is 9.21. The van der Waals surface area contributed by atoms with E-state index >= 15 is 0 Å². The Bertz CT molecular complexity index is 764. The number of carbonyl (C=O) groups is 1. The summed E-state index contributed by atoms with van der Waals surface area (Å²) >= 11 is 7.47. The summed E-state index contributed by atoms with van der Waals surface area (Å²) in [5.74, 6) is 1.45. The summed E-state index contributed by atoms with van der Waals surface area (Å²) in [5, 5.41) is 12.2. The maximum absolute atomic E-state index is 12.3. The van der Waals surface area contributed by atoms with Crippen LogP contribution in [0.5, 0.6) is 0 Å². The van der Waals surface area contributed by atoms with Crippen LogP contribution in [-0.2, 0) is 9.53 Å². The quantitative estimate of drug-likeness (QED) is 0.177. The molecule has 170 valence electrons. The molecular weight excluding hydrogens is 430 g/mol. The van der Waals surface area contributed by atoms with E-state index in [4.69, 9.17) is 16.3 Å². The summed E-state index contributed by atoms with van der Waals surface area (Å²) in [6.07, 6.45) is 9.95. The van der Waals surface area contributed by atoms with Crippen LogP contribution in [0.3, 0.4) is 0 Å². The van der Waals surface area contributed by atoms with Gasteiger partial charge in [0, 0.05) is 43.3 Å². The van der Waals surface area contributed by atoms with Gasteiger partial charge in [0.15, 0.2) is 0 Å². The topological polar surface area (TPSA) is 65.4 Å². The van der Waals surface area contributed by atoms with Gasteiger partial charge in [0.25, 0.3) is 5.91 Å². The molecule has 1 aromatic carbocycles. The van der Waals surface area contributed by atoms with Gasteiger partial charge in [0.1, 0.15) is 11.6 Å². The van der Waals surface area contributed by atoms with E-state index in [1.54, 1.807) is 17.8 Å². The molecule has 0 spiro atoms. The molecule has 5 nitrogen and oxygen atoms in total. The van der Waals surface area contributed by atoms with Crippen molar-refractivity contribution in [2.75, 3.05) is 49.9 Å². The van der Waals surface area contributed by atoms with Crippen molar-refractivity contribution >= 4 is 41.0 Å². The van der Waals surface area contributed by atoms with Crippen LogP contribution in [0.15, 0.2) is 28.7 Å². The fourth-order valence-electron chi connectivity index (χ4n) is 3.40. The highest BCUT2D eigenvalue weighted by atomic mass is 35.5. The molecule has 1 aromatic rings. The molecule has 0 bridgehead atoms. The summed E-state index contributed by atoms with van der Waals surface area (Å²) in [6, 6.07) is 8.06. The number of alkyl halides is 1. The van der Waals surface area contributed by atoms with Gasteiger partial charge < -0.3 is 15.0 Å². The van der Waals surface area contributed by atoms with E-state index in [1.165, 1.54) is 42.7 Å². The number of amides is 1. The molecule has 0 aliphatic carbocycles. The zero-order valence-corrected chi connectivity index (χ0v) is 20.1. The monoisotopic (exact) mass is 463 g/mol. The van der Waals surface area contributed by atoms with Gasteiger partial charge in [-0.2, -0.15) is 5.26 Å². The minimum atomic E-state index is -0.356. The predicted octanol–water partition coefficient (Wildman–Crippen LogP) is 5.24. The number of carbonyl (C=O) groups excluding carboxylic acids is 1. The third-order valence-corrected chi connectivity index (χ3v) is 6.50. The molecular formula is C24H34ClN3O2S. The van der Waals surface area contributed by atoms with Gasteiger partial charge in [0.2, 0.25) is 0 Å². The lowest BCUT2D eigenvalue weighted by Gasteiger charge is -2.27. The average molecular weight is 464 g/mol. The molecule has 0 saturated carbocycles. The maximum atomic E-state index is 12.3. The van der Waals surface area contributed by atoms with Crippen LogP contribution in [0.1, 0.15) is 50.5 Å². The van der Waals surface area contributed by atoms with Gasteiger partial charge in [0.05, 0.1) is 12.3 Å². The summed E-state index contributed by atoms with van der Waals surface area (Å²) < 4.78 is 5.59. The predicted molar refractivity (Wildman–Crippen MR) is 131 cm³/mol. The number of nitrogens with one attached hydrogen (secondary N) is 1. The normalized spacial score (nSPS) is 13.6. The fraction of sp³-hybridized carbons (Fsp3) is 0.583. The molecule has 7 heteroatoms. The summed E-state index contributed by atoms with van der Waals surface area (Å²) in [5.41, 5.74) is 2.18. The maximum Gasteiger partial charge on any atom is 0.262 e. The number of nitriles is 1. The first-order valence-electron chi connectivity index (χ1n) is 11.2. The van der Waals surface area contributed by atoms with Crippen LogP contribution < -0.4 is 10.2 Å². The fourth-order valence-corrected chi connectivity index (χ4v) is 4.76. The van der Waals surface area contributed by atoms with E-state index in [-0.39, 0.29) is 11.5 Å². The van der Waals surface area contributed by atoms with Gasteiger partial charge in [-0.1, -0.05) is 38.2 Å². The Hall–Kier alpha value is -1.68. The molecule has 0 atom stereocenters. The first-order chi connectivity index (χ1) is 15.2. The zero-order valence-electron chi connectivity index (χ0n) is 18.5. The van der Waals surface area contributed by atoms with Crippen LogP contribution in [0, 0.1) is 11.3 Å². The van der Waals surface area contributed by atoms with Crippen LogP contribution >= 0.6 is 23.4 Å². The highest BCUT2D eigenvalue weighted by molar-refractivity contribution is 7.99. The Labute approximate surface area is 196 Å². The Balaban J connectivity index is 1.64. The van der Waals surface area contributed by atoms with Gasteiger partial charge in [-0.15, -0.1) is 23.4 Å². The third kappa shape index (κ3) is 9.55.